The molecule has 0 aliphatic carbocycles. The summed E-state index contributed by atoms with van der Waals surface area (Å²) in [5.41, 5.74) is 1.75. The van der Waals surface area contributed by atoms with Crippen molar-refractivity contribution in [3.8, 4) is 0 Å². The highest BCUT2D eigenvalue weighted by atomic mass is 16.5. The molecule has 4 nitrogen and oxygen atoms in total. The number of aliphatic hydroxyl groups is 1. The monoisotopic (exact) mass is 285 g/mol. The van der Waals surface area contributed by atoms with E-state index in [-0.39, 0.29) is 6.61 Å². The minimum Gasteiger partial charge on any atom is -0.445 e. The third-order valence-electron chi connectivity index (χ3n) is 3.13. The molecular formula is C17H19NO3. The lowest BCUT2D eigenvalue weighted by molar-refractivity contribution is 0.109. The maximum atomic E-state index is 11.9. The van der Waals surface area contributed by atoms with Crippen molar-refractivity contribution in [2.24, 2.45) is 0 Å². The zero-order chi connectivity index (χ0) is 15.1. The molecule has 0 aliphatic heterocycles. The Morgan fingerprint density at radius 1 is 1.10 bits per heavy atom. The molecule has 2 unspecified atom stereocenters. The molecule has 0 heterocycles. The number of carbonyl (C=O) groups excluding carboxylic acids is 1. The summed E-state index contributed by atoms with van der Waals surface area (Å²) in [6.07, 6.45) is -1.26. The molecule has 1 amide bonds. The lowest BCUT2D eigenvalue weighted by Crippen LogP contribution is -2.35. The largest absolute Gasteiger partial charge is 0.445 e. The van der Waals surface area contributed by atoms with Crippen LogP contribution in [0.2, 0.25) is 0 Å². The summed E-state index contributed by atoms with van der Waals surface area (Å²) >= 11 is 0. The van der Waals surface area contributed by atoms with E-state index in [1.807, 2.05) is 60.7 Å². The van der Waals surface area contributed by atoms with E-state index in [4.69, 9.17) is 4.74 Å². The van der Waals surface area contributed by atoms with E-state index in [1.54, 1.807) is 6.92 Å². The lowest BCUT2D eigenvalue weighted by atomic mass is 10.0. The summed E-state index contributed by atoms with van der Waals surface area (Å²) in [5, 5.41) is 12.5. The molecule has 0 bridgehead atoms. The smallest absolute Gasteiger partial charge is 0.408 e. The number of aliphatic hydroxyl groups excluding tert-OH is 1. The van der Waals surface area contributed by atoms with Crippen molar-refractivity contribution in [2.75, 3.05) is 0 Å². The highest BCUT2D eigenvalue weighted by molar-refractivity contribution is 5.68. The van der Waals surface area contributed by atoms with Crippen molar-refractivity contribution in [3.05, 3.63) is 71.8 Å². The summed E-state index contributed by atoms with van der Waals surface area (Å²) in [7, 11) is 0. The fourth-order valence-electron chi connectivity index (χ4n) is 2.03. The molecule has 110 valence electrons. The summed E-state index contributed by atoms with van der Waals surface area (Å²) in [6.45, 7) is 1.84. The van der Waals surface area contributed by atoms with Gasteiger partial charge in [-0.15, -0.1) is 0 Å². The molecule has 2 N–H and O–H groups in total. The average molecular weight is 285 g/mol. The molecule has 2 aromatic carbocycles. The van der Waals surface area contributed by atoms with Crippen LogP contribution in [0.1, 0.15) is 24.1 Å². The van der Waals surface area contributed by atoms with Crippen LogP contribution in [-0.2, 0) is 11.3 Å². The number of hydrogen-bond acceptors (Lipinski definition) is 3. The van der Waals surface area contributed by atoms with E-state index >= 15 is 0 Å². The Kier molecular flexibility index (Phi) is 5.35. The van der Waals surface area contributed by atoms with Crippen LogP contribution in [-0.4, -0.2) is 17.3 Å². The van der Waals surface area contributed by atoms with Gasteiger partial charge in [0.1, 0.15) is 6.61 Å². The topological polar surface area (TPSA) is 58.6 Å². The van der Waals surface area contributed by atoms with E-state index in [2.05, 4.69) is 5.32 Å². The van der Waals surface area contributed by atoms with Gasteiger partial charge in [0, 0.05) is 0 Å². The number of carbonyl (C=O) groups is 1. The van der Waals surface area contributed by atoms with Gasteiger partial charge in [-0.3, -0.25) is 0 Å². The van der Waals surface area contributed by atoms with Gasteiger partial charge in [-0.1, -0.05) is 60.7 Å². The van der Waals surface area contributed by atoms with E-state index in [0.717, 1.165) is 11.1 Å². The van der Waals surface area contributed by atoms with E-state index in [1.165, 1.54) is 0 Å². The van der Waals surface area contributed by atoms with E-state index < -0.39 is 18.2 Å². The van der Waals surface area contributed by atoms with Crippen LogP contribution in [0.5, 0.6) is 0 Å². The first-order valence-corrected chi connectivity index (χ1v) is 6.87. The Labute approximate surface area is 124 Å². The summed E-state index contributed by atoms with van der Waals surface area (Å²) in [5.74, 6) is 0. The van der Waals surface area contributed by atoms with Crippen molar-refractivity contribution in [2.45, 2.75) is 25.7 Å². The first-order chi connectivity index (χ1) is 10.2. The van der Waals surface area contributed by atoms with Crippen LogP contribution >= 0.6 is 0 Å². The molecule has 0 aliphatic rings. The number of amides is 1. The maximum Gasteiger partial charge on any atom is 0.408 e. The van der Waals surface area contributed by atoms with E-state index in [0.29, 0.717) is 0 Å². The van der Waals surface area contributed by atoms with Gasteiger partial charge in [-0.05, 0) is 18.1 Å². The predicted octanol–water partition coefficient (Wildman–Crippen LogP) is 3.03. The number of benzene rings is 2. The maximum absolute atomic E-state index is 11.9. The SMILES string of the molecule is CC(O)C(NC(=O)OCc1ccccc1)c1ccccc1. The Morgan fingerprint density at radius 3 is 2.24 bits per heavy atom. The van der Waals surface area contributed by atoms with Crippen LogP contribution in [0, 0.1) is 0 Å². The lowest BCUT2D eigenvalue weighted by Gasteiger charge is -2.21. The number of nitrogens with one attached hydrogen (secondary N) is 1. The molecule has 0 saturated heterocycles. The zero-order valence-electron chi connectivity index (χ0n) is 11.9. The summed E-state index contributed by atoms with van der Waals surface area (Å²) in [6, 6.07) is 18.3. The molecule has 2 atom stereocenters. The van der Waals surface area contributed by atoms with Gasteiger partial charge in [0.15, 0.2) is 0 Å². The third kappa shape index (κ3) is 4.61. The van der Waals surface area contributed by atoms with Crippen molar-refractivity contribution in [3.63, 3.8) is 0 Å². The van der Waals surface area contributed by atoms with Crippen LogP contribution in [0.4, 0.5) is 4.79 Å². The Bertz CT molecular complexity index is 555. The first kappa shape index (κ1) is 15.1. The normalized spacial score (nSPS) is 13.2. The Hall–Kier alpha value is -2.33. The standard InChI is InChI=1S/C17H19NO3/c1-13(19)16(15-10-6-3-7-11-15)18-17(20)21-12-14-8-4-2-5-9-14/h2-11,13,16,19H,12H2,1H3,(H,18,20). The molecule has 2 rings (SSSR count). The van der Waals surface area contributed by atoms with Gasteiger partial charge in [-0.25, -0.2) is 4.79 Å². The predicted molar refractivity (Wildman–Crippen MR) is 80.6 cm³/mol. The summed E-state index contributed by atoms with van der Waals surface area (Å²) in [4.78, 5) is 11.9. The third-order valence-corrected chi connectivity index (χ3v) is 3.13. The van der Waals surface area contributed by atoms with Crippen LogP contribution < -0.4 is 5.32 Å². The van der Waals surface area contributed by atoms with Crippen LogP contribution in [0.25, 0.3) is 0 Å². The van der Waals surface area contributed by atoms with Crippen molar-refractivity contribution < 1.29 is 14.6 Å². The van der Waals surface area contributed by atoms with Gasteiger partial charge in [-0.2, -0.15) is 0 Å². The highest BCUT2D eigenvalue weighted by Crippen LogP contribution is 2.16. The van der Waals surface area contributed by atoms with Crippen molar-refractivity contribution >= 4 is 6.09 Å². The molecule has 4 heteroatoms. The quantitative estimate of drug-likeness (QED) is 0.887. The fourth-order valence-corrected chi connectivity index (χ4v) is 2.03. The Morgan fingerprint density at radius 2 is 1.67 bits per heavy atom. The molecule has 0 saturated carbocycles. The minimum atomic E-state index is -0.711. The first-order valence-electron chi connectivity index (χ1n) is 6.87. The molecule has 0 spiro atoms. The number of alkyl carbamates (subject to hydrolysis) is 1. The van der Waals surface area contributed by atoms with Crippen molar-refractivity contribution in [1.29, 1.82) is 0 Å². The molecule has 21 heavy (non-hydrogen) atoms. The second-order valence-electron chi connectivity index (χ2n) is 4.84. The van der Waals surface area contributed by atoms with Crippen LogP contribution in [0.15, 0.2) is 60.7 Å². The number of hydrogen-bond donors (Lipinski definition) is 2. The molecule has 0 radical (unpaired) electrons. The van der Waals surface area contributed by atoms with Gasteiger partial charge in [0.05, 0.1) is 12.1 Å². The second-order valence-corrected chi connectivity index (χ2v) is 4.84. The summed E-state index contributed by atoms with van der Waals surface area (Å²) < 4.78 is 5.17. The van der Waals surface area contributed by atoms with Crippen molar-refractivity contribution in [1.82, 2.24) is 5.32 Å². The number of ether oxygens (including phenoxy) is 1. The molecule has 0 fully saturated rings. The van der Waals surface area contributed by atoms with Gasteiger partial charge in [0.2, 0.25) is 0 Å². The highest BCUT2D eigenvalue weighted by Gasteiger charge is 2.20. The van der Waals surface area contributed by atoms with Gasteiger partial charge in [0.25, 0.3) is 0 Å². The molecule has 0 aromatic heterocycles. The number of rotatable bonds is 5. The zero-order valence-corrected chi connectivity index (χ0v) is 11.9. The minimum absolute atomic E-state index is 0.202. The van der Waals surface area contributed by atoms with Gasteiger partial charge >= 0.3 is 6.09 Å². The molecule has 2 aromatic rings. The fraction of sp³-hybridized carbons (Fsp3) is 0.235. The Balaban J connectivity index is 1.93. The van der Waals surface area contributed by atoms with Crippen LogP contribution in [0.3, 0.4) is 0 Å². The van der Waals surface area contributed by atoms with Gasteiger partial charge < -0.3 is 15.2 Å². The second kappa shape index (κ2) is 7.45. The molecular weight excluding hydrogens is 266 g/mol. The van der Waals surface area contributed by atoms with E-state index in [9.17, 15) is 9.90 Å². The average Bonchev–Trinajstić information content (AvgIpc) is 2.52.